The third kappa shape index (κ3) is 8.61. The molecule has 0 unspecified atom stereocenters. The Kier molecular flexibility index (Phi) is 11.3. The Hall–Kier alpha value is -2.78. The van der Waals surface area contributed by atoms with Gasteiger partial charge in [0.15, 0.2) is 0 Å². The van der Waals surface area contributed by atoms with Gasteiger partial charge in [0.2, 0.25) is 21.8 Å². The second-order valence-corrected chi connectivity index (χ2v) is 12.6. The molecule has 0 saturated heterocycles. The number of carbonyl (C=O) groups is 2. The van der Waals surface area contributed by atoms with Gasteiger partial charge in [0.05, 0.1) is 22.0 Å². The van der Waals surface area contributed by atoms with Gasteiger partial charge >= 0.3 is 0 Å². The molecular formula is C29H32Cl3N3O4S. The van der Waals surface area contributed by atoms with Crippen molar-refractivity contribution in [1.29, 1.82) is 0 Å². The molecule has 0 fully saturated rings. The molecule has 0 spiro atoms. The summed E-state index contributed by atoms with van der Waals surface area (Å²) >= 11 is 18.5. The zero-order chi connectivity index (χ0) is 29.4. The van der Waals surface area contributed by atoms with Crippen LogP contribution < -0.4 is 9.62 Å². The molecule has 3 rings (SSSR count). The van der Waals surface area contributed by atoms with E-state index >= 15 is 0 Å². The molecule has 2 amide bonds. The van der Waals surface area contributed by atoms with Crippen molar-refractivity contribution in [3.8, 4) is 0 Å². The van der Waals surface area contributed by atoms with Crippen molar-refractivity contribution in [3.05, 3.63) is 98.5 Å². The van der Waals surface area contributed by atoms with Gasteiger partial charge in [0, 0.05) is 24.5 Å². The van der Waals surface area contributed by atoms with Crippen LogP contribution in [0.5, 0.6) is 0 Å². The van der Waals surface area contributed by atoms with Crippen LogP contribution in [-0.4, -0.2) is 50.5 Å². The first-order valence-electron chi connectivity index (χ1n) is 12.7. The number of anilines is 1. The fourth-order valence-electron chi connectivity index (χ4n) is 4.25. The van der Waals surface area contributed by atoms with E-state index in [1.54, 1.807) is 43.3 Å². The molecule has 3 aromatic rings. The molecule has 214 valence electrons. The summed E-state index contributed by atoms with van der Waals surface area (Å²) in [7, 11) is -3.88. The van der Waals surface area contributed by atoms with Crippen molar-refractivity contribution in [2.75, 3.05) is 23.7 Å². The van der Waals surface area contributed by atoms with E-state index in [4.69, 9.17) is 34.8 Å². The van der Waals surface area contributed by atoms with Crippen molar-refractivity contribution in [1.82, 2.24) is 10.2 Å². The Balaban J connectivity index is 2.08. The van der Waals surface area contributed by atoms with Crippen LogP contribution in [-0.2, 0) is 32.6 Å². The Morgan fingerprint density at radius 1 is 0.925 bits per heavy atom. The van der Waals surface area contributed by atoms with E-state index < -0.39 is 28.5 Å². The lowest BCUT2D eigenvalue weighted by molar-refractivity contribution is -0.140. The van der Waals surface area contributed by atoms with E-state index in [-0.39, 0.29) is 18.9 Å². The fourth-order valence-corrected chi connectivity index (χ4v) is 5.70. The van der Waals surface area contributed by atoms with Gasteiger partial charge in [-0.05, 0) is 60.4 Å². The van der Waals surface area contributed by atoms with E-state index in [9.17, 15) is 18.0 Å². The molecule has 0 aliphatic rings. The zero-order valence-electron chi connectivity index (χ0n) is 22.5. The Labute approximate surface area is 251 Å². The van der Waals surface area contributed by atoms with Crippen molar-refractivity contribution >= 4 is 62.3 Å². The van der Waals surface area contributed by atoms with Crippen molar-refractivity contribution in [2.45, 2.75) is 39.3 Å². The predicted octanol–water partition coefficient (Wildman–Crippen LogP) is 5.89. The number of benzene rings is 3. The molecule has 0 aliphatic heterocycles. The summed E-state index contributed by atoms with van der Waals surface area (Å²) in [6, 6.07) is 18.1. The number of hydrogen-bond acceptors (Lipinski definition) is 4. The first-order valence-corrected chi connectivity index (χ1v) is 15.7. The van der Waals surface area contributed by atoms with Gasteiger partial charge in [-0.3, -0.25) is 13.9 Å². The van der Waals surface area contributed by atoms with Gasteiger partial charge < -0.3 is 10.2 Å². The minimum atomic E-state index is -3.88. The van der Waals surface area contributed by atoms with E-state index in [1.807, 2.05) is 37.3 Å². The van der Waals surface area contributed by atoms with E-state index in [0.717, 1.165) is 16.1 Å². The maximum absolute atomic E-state index is 14.1. The summed E-state index contributed by atoms with van der Waals surface area (Å²) in [5.74, 6) is -0.897. The summed E-state index contributed by atoms with van der Waals surface area (Å²) in [4.78, 5) is 29.0. The van der Waals surface area contributed by atoms with Crippen LogP contribution >= 0.6 is 34.8 Å². The topological polar surface area (TPSA) is 86.8 Å². The van der Waals surface area contributed by atoms with E-state index in [1.165, 1.54) is 4.90 Å². The minimum absolute atomic E-state index is 0.00394. The lowest BCUT2D eigenvalue weighted by Gasteiger charge is -2.34. The summed E-state index contributed by atoms with van der Waals surface area (Å²) in [5, 5.41) is 4.00. The molecule has 11 heteroatoms. The number of sulfonamides is 1. The first kappa shape index (κ1) is 31.7. The molecule has 0 heterocycles. The molecule has 40 heavy (non-hydrogen) atoms. The third-order valence-corrected chi connectivity index (χ3v) is 8.36. The average Bonchev–Trinajstić information content (AvgIpc) is 2.90. The van der Waals surface area contributed by atoms with Crippen molar-refractivity contribution in [3.63, 3.8) is 0 Å². The minimum Gasteiger partial charge on any atom is -0.354 e. The number of nitrogens with one attached hydrogen (secondary N) is 1. The number of carbonyl (C=O) groups excluding carboxylic acids is 2. The van der Waals surface area contributed by atoms with Crippen LogP contribution in [0, 0.1) is 6.92 Å². The maximum atomic E-state index is 14.1. The molecule has 0 aromatic heterocycles. The monoisotopic (exact) mass is 623 g/mol. The highest BCUT2D eigenvalue weighted by atomic mass is 35.5. The molecule has 0 aliphatic carbocycles. The molecule has 1 N–H and O–H groups in total. The molecule has 3 aromatic carbocycles. The standard InChI is InChI=1S/C29H32Cl3N3O4S/c1-4-14-33-29(37)27(17-21-8-6-5-7-9-21)34(18-22-10-12-24(31)25(32)16-22)28(36)19-35(40(3,38)39)26-13-11-23(30)15-20(26)2/h5-13,15-16,27H,4,14,17-19H2,1-3H3,(H,33,37)/t27-/m1/s1. The lowest BCUT2D eigenvalue weighted by Crippen LogP contribution is -2.53. The Morgan fingerprint density at radius 2 is 1.62 bits per heavy atom. The van der Waals surface area contributed by atoms with Gasteiger partial charge in [-0.1, -0.05) is 78.1 Å². The Morgan fingerprint density at radius 3 is 2.23 bits per heavy atom. The third-order valence-electron chi connectivity index (χ3n) is 6.26. The Bertz CT molecular complexity index is 1450. The number of halogens is 3. The number of nitrogens with zero attached hydrogens (tertiary/aromatic N) is 2. The summed E-state index contributed by atoms with van der Waals surface area (Å²) < 4.78 is 26.9. The van der Waals surface area contributed by atoms with Crippen LogP contribution in [0.1, 0.15) is 30.0 Å². The quantitative estimate of drug-likeness (QED) is 0.272. The number of hydrogen-bond donors (Lipinski definition) is 1. The normalized spacial score (nSPS) is 12.1. The molecule has 0 bridgehead atoms. The number of aryl methyl sites for hydroxylation is 1. The van der Waals surface area contributed by atoms with Crippen LogP contribution in [0.3, 0.4) is 0 Å². The highest BCUT2D eigenvalue weighted by Crippen LogP contribution is 2.27. The zero-order valence-corrected chi connectivity index (χ0v) is 25.6. The lowest BCUT2D eigenvalue weighted by atomic mass is 10.0. The molecule has 0 saturated carbocycles. The van der Waals surface area contributed by atoms with Crippen LogP contribution in [0.15, 0.2) is 66.7 Å². The molecule has 0 radical (unpaired) electrons. The highest BCUT2D eigenvalue weighted by Gasteiger charge is 2.33. The summed E-state index contributed by atoms with van der Waals surface area (Å²) in [6.07, 6.45) is 1.97. The predicted molar refractivity (Wildman–Crippen MR) is 163 cm³/mol. The molecular weight excluding hydrogens is 593 g/mol. The largest absolute Gasteiger partial charge is 0.354 e. The van der Waals surface area contributed by atoms with Gasteiger partial charge in [-0.15, -0.1) is 0 Å². The highest BCUT2D eigenvalue weighted by molar-refractivity contribution is 7.92. The van der Waals surface area contributed by atoms with Gasteiger partial charge in [0.1, 0.15) is 12.6 Å². The average molecular weight is 625 g/mol. The molecule has 1 atom stereocenters. The second kappa shape index (κ2) is 14.2. The summed E-state index contributed by atoms with van der Waals surface area (Å²) in [6.45, 7) is 3.56. The van der Waals surface area contributed by atoms with Crippen LogP contribution in [0.2, 0.25) is 15.1 Å². The molecule has 7 nitrogen and oxygen atoms in total. The van der Waals surface area contributed by atoms with Gasteiger partial charge in [-0.25, -0.2) is 8.42 Å². The van der Waals surface area contributed by atoms with Gasteiger partial charge in [0.25, 0.3) is 0 Å². The van der Waals surface area contributed by atoms with E-state index in [2.05, 4.69) is 5.32 Å². The second-order valence-electron chi connectivity index (χ2n) is 9.47. The maximum Gasteiger partial charge on any atom is 0.244 e. The number of rotatable bonds is 12. The van der Waals surface area contributed by atoms with E-state index in [0.29, 0.717) is 44.8 Å². The number of amides is 2. The smallest absolute Gasteiger partial charge is 0.244 e. The first-order chi connectivity index (χ1) is 18.9. The summed E-state index contributed by atoms with van der Waals surface area (Å²) in [5.41, 5.74) is 2.39. The van der Waals surface area contributed by atoms with Crippen LogP contribution in [0.25, 0.3) is 0 Å². The van der Waals surface area contributed by atoms with Crippen LogP contribution in [0.4, 0.5) is 5.69 Å². The van der Waals surface area contributed by atoms with Crippen molar-refractivity contribution < 1.29 is 18.0 Å². The van der Waals surface area contributed by atoms with Gasteiger partial charge in [-0.2, -0.15) is 0 Å². The van der Waals surface area contributed by atoms with Crippen molar-refractivity contribution in [2.24, 2.45) is 0 Å². The fraction of sp³-hybridized carbons (Fsp3) is 0.310. The SMILES string of the molecule is CCCNC(=O)[C@@H](Cc1ccccc1)N(Cc1ccc(Cl)c(Cl)c1)C(=O)CN(c1ccc(Cl)cc1C)S(C)(=O)=O.